The molecule has 0 radical (unpaired) electrons. The second-order valence-electron chi connectivity index (χ2n) is 6.49. The highest BCUT2D eigenvalue weighted by Gasteiger charge is 2.40. The molecule has 0 amide bonds. The molecule has 0 aromatic heterocycles. The maximum Gasteiger partial charge on any atom is 0.310 e. The molecule has 3 unspecified atom stereocenters. The Labute approximate surface area is 111 Å². The summed E-state index contributed by atoms with van der Waals surface area (Å²) in [5, 5.41) is 9.51. The molecular weight excluding hydrogens is 226 g/mol. The first-order valence-corrected chi connectivity index (χ1v) is 7.54. The Morgan fingerprint density at radius 1 is 1.33 bits per heavy atom. The van der Waals surface area contributed by atoms with Crippen LogP contribution in [-0.2, 0) is 4.79 Å². The highest BCUT2D eigenvalue weighted by molar-refractivity contribution is 5.74. The molecule has 18 heavy (non-hydrogen) atoms. The molecule has 2 rings (SSSR count). The van der Waals surface area contributed by atoms with Crippen molar-refractivity contribution in [2.75, 3.05) is 13.1 Å². The molecule has 0 bridgehead atoms. The van der Waals surface area contributed by atoms with Gasteiger partial charge in [-0.15, -0.1) is 0 Å². The van der Waals surface area contributed by atoms with Crippen LogP contribution >= 0.6 is 0 Å². The molecule has 104 valence electrons. The Morgan fingerprint density at radius 2 is 2.06 bits per heavy atom. The van der Waals surface area contributed by atoms with Gasteiger partial charge in [-0.05, 0) is 51.5 Å². The normalized spacial score (nSPS) is 31.9. The molecule has 3 nitrogen and oxygen atoms in total. The van der Waals surface area contributed by atoms with Gasteiger partial charge in [-0.25, -0.2) is 0 Å². The van der Waals surface area contributed by atoms with Gasteiger partial charge in [-0.1, -0.05) is 19.8 Å². The lowest BCUT2D eigenvalue weighted by molar-refractivity contribution is -0.150. The van der Waals surface area contributed by atoms with E-state index in [1.165, 1.54) is 32.1 Å². The number of rotatable bonds is 5. The Bertz CT molecular complexity index is 305. The van der Waals surface area contributed by atoms with Crippen molar-refractivity contribution < 1.29 is 9.90 Å². The van der Waals surface area contributed by atoms with Gasteiger partial charge in [0, 0.05) is 12.6 Å². The smallest absolute Gasteiger partial charge is 0.310 e. The van der Waals surface area contributed by atoms with Crippen LogP contribution in [0.2, 0.25) is 0 Å². The highest BCUT2D eigenvalue weighted by Crippen LogP contribution is 2.38. The van der Waals surface area contributed by atoms with E-state index in [1.807, 2.05) is 6.92 Å². The van der Waals surface area contributed by atoms with Gasteiger partial charge < -0.3 is 5.11 Å². The monoisotopic (exact) mass is 253 g/mol. The summed E-state index contributed by atoms with van der Waals surface area (Å²) in [4.78, 5) is 14.0. The SMILES string of the molecule is CCCC(C)(CN1CCCC2CCCC21)C(=O)O. The van der Waals surface area contributed by atoms with Crippen LogP contribution < -0.4 is 0 Å². The fraction of sp³-hybridized carbons (Fsp3) is 0.933. The molecule has 1 saturated heterocycles. The summed E-state index contributed by atoms with van der Waals surface area (Å²) in [5.41, 5.74) is -0.556. The van der Waals surface area contributed by atoms with Crippen LogP contribution in [0.15, 0.2) is 0 Å². The van der Waals surface area contributed by atoms with E-state index in [9.17, 15) is 9.90 Å². The summed E-state index contributed by atoms with van der Waals surface area (Å²) in [7, 11) is 0. The predicted octanol–water partition coefficient (Wildman–Crippen LogP) is 3.14. The molecule has 0 aromatic carbocycles. The van der Waals surface area contributed by atoms with E-state index in [4.69, 9.17) is 0 Å². The van der Waals surface area contributed by atoms with Gasteiger partial charge in [0.2, 0.25) is 0 Å². The number of piperidine rings is 1. The van der Waals surface area contributed by atoms with E-state index in [-0.39, 0.29) is 0 Å². The zero-order valence-electron chi connectivity index (χ0n) is 11.8. The second-order valence-corrected chi connectivity index (χ2v) is 6.49. The first kappa shape index (κ1) is 13.9. The Kier molecular flexibility index (Phi) is 4.31. The van der Waals surface area contributed by atoms with Crippen LogP contribution in [0, 0.1) is 11.3 Å². The van der Waals surface area contributed by atoms with Crippen molar-refractivity contribution in [1.29, 1.82) is 0 Å². The lowest BCUT2D eigenvalue weighted by Gasteiger charge is -2.41. The number of carboxylic acids is 1. The molecule has 0 aromatic rings. The minimum atomic E-state index is -0.621. The summed E-state index contributed by atoms with van der Waals surface area (Å²) in [6.45, 7) is 5.86. The van der Waals surface area contributed by atoms with Crippen LogP contribution in [0.3, 0.4) is 0 Å². The number of nitrogens with zero attached hydrogens (tertiary/aromatic N) is 1. The van der Waals surface area contributed by atoms with Crippen molar-refractivity contribution in [2.24, 2.45) is 11.3 Å². The van der Waals surface area contributed by atoms with Crippen LogP contribution in [0.4, 0.5) is 0 Å². The van der Waals surface area contributed by atoms with Crippen molar-refractivity contribution in [3.8, 4) is 0 Å². The Balaban J connectivity index is 2.04. The molecule has 1 N–H and O–H groups in total. The maximum atomic E-state index is 11.6. The second kappa shape index (κ2) is 5.60. The fourth-order valence-electron chi connectivity index (χ4n) is 4.01. The fourth-order valence-corrected chi connectivity index (χ4v) is 4.01. The lowest BCUT2D eigenvalue weighted by Crippen LogP contribution is -2.49. The number of hydrogen-bond acceptors (Lipinski definition) is 2. The van der Waals surface area contributed by atoms with Gasteiger partial charge in [0.1, 0.15) is 0 Å². The average Bonchev–Trinajstić information content (AvgIpc) is 2.78. The number of hydrogen-bond donors (Lipinski definition) is 1. The Morgan fingerprint density at radius 3 is 2.72 bits per heavy atom. The van der Waals surface area contributed by atoms with E-state index in [0.717, 1.165) is 31.8 Å². The molecule has 0 spiro atoms. The van der Waals surface area contributed by atoms with Gasteiger partial charge in [-0.2, -0.15) is 0 Å². The molecule has 2 fully saturated rings. The van der Waals surface area contributed by atoms with Gasteiger partial charge in [0.25, 0.3) is 0 Å². The van der Waals surface area contributed by atoms with Crippen LogP contribution in [0.5, 0.6) is 0 Å². The average molecular weight is 253 g/mol. The summed E-state index contributed by atoms with van der Waals surface area (Å²) in [6.07, 6.45) is 8.33. The molecule has 3 heteroatoms. The number of likely N-dealkylation sites (tertiary alicyclic amines) is 1. The van der Waals surface area contributed by atoms with Gasteiger partial charge in [0.05, 0.1) is 5.41 Å². The minimum absolute atomic E-state index is 0.556. The predicted molar refractivity (Wildman–Crippen MR) is 72.6 cm³/mol. The summed E-state index contributed by atoms with van der Waals surface area (Å²) in [6, 6.07) is 0.675. The molecule has 2 aliphatic rings. The van der Waals surface area contributed by atoms with E-state index in [1.54, 1.807) is 0 Å². The van der Waals surface area contributed by atoms with E-state index in [2.05, 4.69) is 11.8 Å². The van der Waals surface area contributed by atoms with Crippen LogP contribution in [0.1, 0.15) is 58.8 Å². The lowest BCUT2D eigenvalue weighted by atomic mass is 9.82. The van der Waals surface area contributed by atoms with Crippen molar-refractivity contribution in [2.45, 2.75) is 64.8 Å². The van der Waals surface area contributed by atoms with Crippen LogP contribution in [-0.4, -0.2) is 35.1 Å². The summed E-state index contributed by atoms with van der Waals surface area (Å²) in [5.74, 6) is 0.225. The largest absolute Gasteiger partial charge is 0.481 e. The summed E-state index contributed by atoms with van der Waals surface area (Å²) >= 11 is 0. The van der Waals surface area contributed by atoms with Crippen LogP contribution in [0.25, 0.3) is 0 Å². The zero-order valence-corrected chi connectivity index (χ0v) is 11.8. The zero-order chi connectivity index (χ0) is 13.2. The van der Waals surface area contributed by atoms with Crippen molar-refractivity contribution in [3.63, 3.8) is 0 Å². The number of fused-ring (bicyclic) bond motifs is 1. The highest BCUT2D eigenvalue weighted by atomic mass is 16.4. The van der Waals surface area contributed by atoms with Crippen molar-refractivity contribution in [3.05, 3.63) is 0 Å². The van der Waals surface area contributed by atoms with E-state index >= 15 is 0 Å². The third kappa shape index (κ3) is 2.71. The van der Waals surface area contributed by atoms with Gasteiger partial charge in [-0.3, -0.25) is 9.69 Å². The van der Waals surface area contributed by atoms with Gasteiger partial charge in [0.15, 0.2) is 0 Å². The number of carbonyl (C=O) groups is 1. The maximum absolute atomic E-state index is 11.6. The standard InChI is InChI=1S/C15H27NO2/c1-3-9-15(2,14(17)18)11-16-10-5-7-12-6-4-8-13(12)16/h12-13H,3-11H2,1-2H3,(H,17,18). The number of carboxylic acid groups (broad SMARTS) is 1. The van der Waals surface area contributed by atoms with Gasteiger partial charge >= 0.3 is 5.97 Å². The van der Waals surface area contributed by atoms with Crippen molar-refractivity contribution >= 4 is 5.97 Å². The van der Waals surface area contributed by atoms with E-state index in [0.29, 0.717) is 6.04 Å². The topological polar surface area (TPSA) is 40.5 Å². The first-order valence-electron chi connectivity index (χ1n) is 7.54. The molecule has 1 aliphatic heterocycles. The third-order valence-corrected chi connectivity index (χ3v) is 4.98. The quantitative estimate of drug-likeness (QED) is 0.818. The first-order chi connectivity index (χ1) is 8.57. The Hall–Kier alpha value is -0.570. The van der Waals surface area contributed by atoms with E-state index < -0.39 is 11.4 Å². The number of aliphatic carboxylic acids is 1. The molecular formula is C15H27NO2. The molecule has 1 saturated carbocycles. The minimum Gasteiger partial charge on any atom is -0.481 e. The summed E-state index contributed by atoms with van der Waals surface area (Å²) < 4.78 is 0. The molecule has 1 aliphatic carbocycles. The third-order valence-electron chi connectivity index (χ3n) is 4.98. The molecule has 1 heterocycles. The molecule has 3 atom stereocenters. The van der Waals surface area contributed by atoms with Crippen molar-refractivity contribution in [1.82, 2.24) is 4.90 Å².